The quantitative estimate of drug-likeness (QED) is 0.590. The molecule has 0 saturated carbocycles. The van der Waals surface area contributed by atoms with Crippen molar-refractivity contribution in [3.8, 4) is 0 Å². The Bertz CT molecular complexity index is 583. The molecular weight excluding hydrogens is 293 g/mol. The average Bonchev–Trinajstić information content (AvgIpc) is 2.91. The fourth-order valence-corrected chi connectivity index (χ4v) is 3.12. The Morgan fingerprint density at radius 1 is 1.39 bits per heavy atom. The van der Waals surface area contributed by atoms with Crippen molar-refractivity contribution in [2.75, 3.05) is 20.2 Å². The number of esters is 1. The van der Waals surface area contributed by atoms with E-state index in [9.17, 15) is 9.18 Å². The molecule has 0 radical (unpaired) electrons. The lowest BCUT2D eigenvalue weighted by atomic mass is 9.95. The predicted molar refractivity (Wildman–Crippen MR) is 90.7 cm³/mol. The summed E-state index contributed by atoms with van der Waals surface area (Å²) < 4.78 is 18.9. The smallest absolute Gasteiger partial charge is 0.331 e. The molecule has 3 nitrogen and oxygen atoms in total. The van der Waals surface area contributed by atoms with Gasteiger partial charge < -0.3 is 9.64 Å². The van der Waals surface area contributed by atoms with Crippen molar-refractivity contribution in [3.05, 3.63) is 41.2 Å². The van der Waals surface area contributed by atoms with Gasteiger partial charge in [0, 0.05) is 12.1 Å². The number of ether oxygens (including phenoxy) is 1. The zero-order valence-electron chi connectivity index (χ0n) is 14.3. The maximum Gasteiger partial charge on any atom is 0.331 e. The van der Waals surface area contributed by atoms with Gasteiger partial charge in [-0.05, 0) is 75.0 Å². The van der Waals surface area contributed by atoms with Crippen LogP contribution in [0.2, 0.25) is 0 Å². The molecule has 1 aliphatic rings. The number of hydrogen-bond donors (Lipinski definition) is 0. The third-order valence-corrected chi connectivity index (χ3v) is 4.44. The number of likely N-dealkylation sites (tertiary alicyclic amines) is 1. The normalized spacial score (nSPS) is 19.1. The number of benzene rings is 1. The summed E-state index contributed by atoms with van der Waals surface area (Å²) in [7, 11) is 2.10. The predicted octanol–water partition coefficient (Wildman–Crippen LogP) is 3.82. The lowest BCUT2D eigenvalue weighted by Gasteiger charge is -2.21. The van der Waals surface area contributed by atoms with Gasteiger partial charge in [-0.1, -0.05) is 13.0 Å². The monoisotopic (exact) mass is 319 g/mol. The molecule has 2 rings (SSSR count). The third kappa shape index (κ3) is 4.90. The van der Waals surface area contributed by atoms with Crippen molar-refractivity contribution >= 4 is 11.5 Å². The lowest BCUT2D eigenvalue weighted by molar-refractivity contribution is -0.137. The Morgan fingerprint density at radius 3 is 2.78 bits per heavy atom. The van der Waals surface area contributed by atoms with E-state index in [1.54, 1.807) is 13.0 Å². The van der Waals surface area contributed by atoms with Gasteiger partial charge in [0.25, 0.3) is 0 Å². The zero-order valence-corrected chi connectivity index (χ0v) is 14.3. The largest absolute Gasteiger partial charge is 0.463 e. The first kappa shape index (κ1) is 17.7. The van der Waals surface area contributed by atoms with Crippen molar-refractivity contribution in [1.82, 2.24) is 4.90 Å². The molecular formula is C19H26FNO2. The maximum atomic E-state index is 13.9. The summed E-state index contributed by atoms with van der Waals surface area (Å²) in [5.41, 5.74) is 2.58. The van der Waals surface area contributed by atoms with Crippen LogP contribution in [0, 0.1) is 5.82 Å². The standard InChI is InChI=1S/C19H26FNO2/c1-4-14-9-15(11-17(20)10-14)16(13-19(22)23-5-2)12-18-7-6-8-21(18)3/h9-11,13,18H,4-8,12H2,1-3H3/b16-13-. The van der Waals surface area contributed by atoms with E-state index in [2.05, 4.69) is 11.9 Å². The molecule has 1 heterocycles. The van der Waals surface area contributed by atoms with Gasteiger partial charge in [-0.3, -0.25) is 0 Å². The van der Waals surface area contributed by atoms with Gasteiger partial charge in [0.05, 0.1) is 6.61 Å². The van der Waals surface area contributed by atoms with Crippen LogP contribution >= 0.6 is 0 Å². The van der Waals surface area contributed by atoms with Crippen LogP contribution in [0.25, 0.3) is 5.57 Å². The van der Waals surface area contributed by atoms with Gasteiger partial charge in [-0.15, -0.1) is 0 Å². The van der Waals surface area contributed by atoms with E-state index >= 15 is 0 Å². The Kier molecular flexibility index (Phi) is 6.34. The maximum absolute atomic E-state index is 13.9. The van der Waals surface area contributed by atoms with Gasteiger partial charge in [0.2, 0.25) is 0 Å². The number of carbonyl (C=O) groups is 1. The van der Waals surface area contributed by atoms with Gasteiger partial charge in [0.1, 0.15) is 5.82 Å². The van der Waals surface area contributed by atoms with Gasteiger partial charge in [-0.25, -0.2) is 9.18 Å². The Hall–Kier alpha value is -1.68. The summed E-state index contributed by atoms with van der Waals surface area (Å²) in [4.78, 5) is 14.2. The topological polar surface area (TPSA) is 29.5 Å². The van der Waals surface area contributed by atoms with E-state index in [-0.39, 0.29) is 11.8 Å². The van der Waals surface area contributed by atoms with Crippen LogP contribution in [0.1, 0.15) is 44.2 Å². The van der Waals surface area contributed by atoms with Crippen molar-refractivity contribution in [1.29, 1.82) is 0 Å². The molecule has 0 bridgehead atoms. The van der Waals surface area contributed by atoms with Crippen LogP contribution in [0.3, 0.4) is 0 Å². The minimum absolute atomic E-state index is 0.256. The van der Waals surface area contributed by atoms with Crippen LogP contribution in [0.15, 0.2) is 24.3 Å². The molecule has 1 aromatic carbocycles. The van der Waals surface area contributed by atoms with Crippen molar-refractivity contribution in [2.45, 2.75) is 45.6 Å². The van der Waals surface area contributed by atoms with E-state index in [4.69, 9.17) is 4.74 Å². The number of carbonyl (C=O) groups excluding carboxylic acids is 1. The minimum atomic E-state index is -0.356. The second kappa shape index (κ2) is 8.25. The van der Waals surface area contributed by atoms with Crippen LogP contribution in [0.5, 0.6) is 0 Å². The summed E-state index contributed by atoms with van der Waals surface area (Å²) in [5, 5.41) is 0. The number of rotatable bonds is 6. The van der Waals surface area contributed by atoms with Gasteiger partial charge >= 0.3 is 5.97 Å². The molecule has 4 heteroatoms. The van der Waals surface area contributed by atoms with E-state index < -0.39 is 0 Å². The number of halogens is 1. The van der Waals surface area contributed by atoms with Gasteiger partial charge in [-0.2, -0.15) is 0 Å². The Balaban J connectivity index is 2.32. The highest BCUT2D eigenvalue weighted by Crippen LogP contribution is 2.28. The fraction of sp³-hybridized carbons (Fsp3) is 0.526. The summed E-state index contributed by atoms with van der Waals surface area (Å²) in [6.45, 7) is 5.20. The second-order valence-electron chi connectivity index (χ2n) is 6.10. The van der Waals surface area contributed by atoms with Crippen LogP contribution in [-0.2, 0) is 16.0 Å². The highest BCUT2D eigenvalue weighted by atomic mass is 19.1. The zero-order chi connectivity index (χ0) is 16.8. The molecule has 23 heavy (non-hydrogen) atoms. The van der Waals surface area contributed by atoms with Crippen molar-refractivity contribution in [2.24, 2.45) is 0 Å². The SMILES string of the molecule is CCOC(=O)/C=C(/CC1CCCN1C)c1cc(F)cc(CC)c1. The van der Waals surface area contributed by atoms with Crippen LogP contribution in [-0.4, -0.2) is 37.1 Å². The number of aryl methyl sites for hydroxylation is 1. The van der Waals surface area contributed by atoms with Crippen LogP contribution < -0.4 is 0 Å². The number of hydrogen-bond acceptors (Lipinski definition) is 3. The molecule has 1 aliphatic heterocycles. The van der Waals surface area contributed by atoms with Crippen LogP contribution in [0.4, 0.5) is 4.39 Å². The van der Waals surface area contributed by atoms with E-state index in [0.29, 0.717) is 12.6 Å². The fourth-order valence-electron chi connectivity index (χ4n) is 3.12. The molecule has 0 aromatic heterocycles. The van der Waals surface area contributed by atoms with Crippen molar-refractivity contribution < 1.29 is 13.9 Å². The highest BCUT2D eigenvalue weighted by molar-refractivity contribution is 5.91. The lowest BCUT2D eigenvalue weighted by Crippen LogP contribution is -2.25. The molecule has 1 saturated heterocycles. The average molecular weight is 319 g/mol. The minimum Gasteiger partial charge on any atom is -0.463 e. The van der Waals surface area contributed by atoms with Crippen molar-refractivity contribution in [3.63, 3.8) is 0 Å². The summed E-state index contributed by atoms with van der Waals surface area (Å²) in [6, 6.07) is 5.43. The van der Waals surface area contributed by atoms with E-state index in [1.165, 1.54) is 12.1 Å². The summed E-state index contributed by atoms with van der Waals surface area (Å²) >= 11 is 0. The molecule has 0 aliphatic carbocycles. The second-order valence-corrected chi connectivity index (χ2v) is 6.10. The molecule has 1 aromatic rings. The first-order valence-corrected chi connectivity index (χ1v) is 8.40. The Morgan fingerprint density at radius 2 is 2.17 bits per heavy atom. The molecule has 1 unspecified atom stereocenters. The molecule has 126 valence electrons. The van der Waals surface area contributed by atoms with Gasteiger partial charge in [0.15, 0.2) is 0 Å². The number of nitrogens with zero attached hydrogens (tertiary/aromatic N) is 1. The molecule has 1 atom stereocenters. The van der Waals surface area contributed by atoms with E-state index in [1.807, 2.05) is 13.0 Å². The third-order valence-electron chi connectivity index (χ3n) is 4.44. The molecule has 0 amide bonds. The highest BCUT2D eigenvalue weighted by Gasteiger charge is 2.23. The Labute approximate surface area is 138 Å². The first-order valence-electron chi connectivity index (χ1n) is 8.40. The molecule has 1 fully saturated rings. The van der Waals surface area contributed by atoms with E-state index in [0.717, 1.165) is 48.9 Å². The first-order chi connectivity index (χ1) is 11.0. The molecule has 0 N–H and O–H groups in total. The summed E-state index contributed by atoms with van der Waals surface area (Å²) in [5.74, 6) is -0.612. The molecule has 0 spiro atoms. The summed E-state index contributed by atoms with van der Waals surface area (Å²) in [6.07, 6.45) is 5.30.